The number of benzene rings is 9. The molecular formula is C57H48N4Si2. The third kappa shape index (κ3) is 6.13. The fourth-order valence-electron chi connectivity index (χ4n) is 11.3. The predicted molar refractivity (Wildman–Crippen MR) is 271 cm³/mol. The zero-order valence-electron chi connectivity index (χ0n) is 36.6. The van der Waals surface area contributed by atoms with Crippen LogP contribution >= 0.6 is 0 Å². The van der Waals surface area contributed by atoms with E-state index < -0.39 is 16.1 Å². The number of para-hydroxylation sites is 4. The molecule has 0 spiro atoms. The molecule has 1 aliphatic carbocycles. The van der Waals surface area contributed by atoms with Crippen LogP contribution in [0, 0.1) is 22.7 Å². The number of anilines is 6. The van der Waals surface area contributed by atoms with Crippen LogP contribution in [0.4, 0.5) is 34.1 Å². The van der Waals surface area contributed by atoms with Gasteiger partial charge in [-0.15, -0.1) is 0 Å². The van der Waals surface area contributed by atoms with Crippen molar-refractivity contribution in [2.45, 2.75) is 43.9 Å². The summed E-state index contributed by atoms with van der Waals surface area (Å²) in [4.78, 5) is 4.45. The molecule has 304 valence electrons. The Morgan fingerprint density at radius 1 is 0.413 bits per heavy atom. The average molecular weight is 845 g/mol. The van der Waals surface area contributed by atoms with Crippen LogP contribution in [0.3, 0.4) is 0 Å². The van der Waals surface area contributed by atoms with Gasteiger partial charge < -0.3 is 9.80 Å². The van der Waals surface area contributed by atoms with Crippen LogP contribution in [0.15, 0.2) is 182 Å². The second-order valence-electron chi connectivity index (χ2n) is 18.8. The van der Waals surface area contributed by atoms with E-state index >= 15 is 0 Å². The normalized spacial score (nSPS) is 13.0. The Morgan fingerprint density at radius 2 is 0.905 bits per heavy atom. The summed E-state index contributed by atoms with van der Waals surface area (Å²) in [6.07, 6.45) is 0. The first-order chi connectivity index (χ1) is 30.5. The van der Waals surface area contributed by atoms with Gasteiger partial charge >= 0.3 is 0 Å². The minimum absolute atomic E-state index is 0.155. The van der Waals surface area contributed by atoms with E-state index in [4.69, 9.17) is 0 Å². The minimum atomic E-state index is -2.14. The number of hydrogen-bond acceptors (Lipinski definition) is 4. The molecule has 0 unspecified atom stereocenters. The minimum Gasteiger partial charge on any atom is -0.309 e. The molecule has 0 saturated heterocycles. The summed E-state index contributed by atoms with van der Waals surface area (Å²) in [6.45, 7) is 15.5. The van der Waals surface area contributed by atoms with Crippen LogP contribution in [0.2, 0.25) is 39.3 Å². The van der Waals surface area contributed by atoms with Crippen LogP contribution in [0.1, 0.15) is 22.3 Å². The van der Waals surface area contributed by atoms with Crippen molar-refractivity contribution in [1.82, 2.24) is 0 Å². The number of rotatable bonds is 8. The molecule has 0 fully saturated rings. The largest absolute Gasteiger partial charge is 0.309 e. The maximum atomic E-state index is 10.3. The van der Waals surface area contributed by atoms with Gasteiger partial charge in [0, 0.05) is 27.4 Å². The van der Waals surface area contributed by atoms with Crippen LogP contribution < -0.4 is 9.80 Å². The molecule has 0 aromatic heterocycles. The maximum Gasteiger partial charge on any atom is 0.101 e. The van der Waals surface area contributed by atoms with Crippen LogP contribution in [0.5, 0.6) is 0 Å². The fraction of sp³-hybridized carbons (Fsp3) is 0.123. The van der Waals surface area contributed by atoms with Gasteiger partial charge in [0.05, 0.1) is 38.6 Å². The molecule has 0 radical (unpaired) electrons. The highest BCUT2D eigenvalue weighted by molar-refractivity contribution is 7.00. The second-order valence-corrected chi connectivity index (χ2v) is 29.8. The van der Waals surface area contributed by atoms with E-state index in [1.807, 2.05) is 60.7 Å². The van der Waals surface area contributed by atoms with Gasteiger partial charge in [0.25, 0.3) is 0 Å². The molecule has 0 aliphatic heterocycles. The number of hydrogen-bond donors (Lipinski definition) is 0. The number of nitriles is 2. The second kappa shape index (κ2) is 15.0. The summed E-state index contributed by atoms with van der Waals surface area (Å²) in [5.74, 6) is 0. The summed E-state index contributed by atoms with van der Waals surface area (Å²) >= 11 is 0. The Kier molecular flexibility index (Phi) is 9.49. The van der Waals surface area contributed by atoms with E-state index in [0.717, 1.165) is 34.1 Å². The first kappa shape index (κ1) is 39.9. The standard InChI is InChI=1S/C57H48N4Si2/c1-62(2,3)57(63(4,5)6)52-35-42-33-45(60(43-21-9-7-10-22-43)53-27-17-13-19-40(53)37-58)30-29-39(42)34-51(52)55-48-26-16-15-25-47(48)50-36-46(31-32-49(50)56(55)57)61(44-23-11-8-12-24-44)54-28-18-14-20-41(54)38-59/h7-36H,1-6H3. The highest BCUT2D eigenvalue weighted by Gasteiger charge is 2.60. The first-order valence-electron chi connectivity index (χ1n) is 21.7. The topological polar surface area (TPSA) is 54.1 Å². The number of nitrogens with zero attached hydrogens (tertiary/aromatic N) is 4. The molecule has 0 saturated carbocycles. The summed E-state index contributed by atoms with van der Waals surface area (Å²) in [5.41, 5.74) is 12.7. The lowest BCUT2D eigenvalue weighted by Crippen LogP contribution is -2.63. The Balaban J connectivity index is 1.27. The quantitative estimate of drug-likeness (QED) is 0.113. The average Bonchev–Trinajstić information content (AvgIpc) is 3.62. The molecule has 1 aliphatic rings. The molecule has 6 heteroatoms. The van der Waals surface area contributed by atoms with Crippen molar-refractivity contribution >= 4 is 82.6 Å². The molecule has 0 N–H and O–H groups in total. The third-order valence-corrected chi connectivity index (χ3v) is 23.4. The SMILES string of the molecule is C[Si](C)(C)C1([Si](C)(C)C)c2cc3cc(N(c4ccccc4)c4ccccc4C#N)ccc3cc2-c2c1c1ccc(N(c3ccccc3)c3ccccc3C#N)cc1c1ccccc21. The van der Waals surface area contributed by atoms with Crippen molar-refractivity contribution in [3.8, 4) is 23.3 Å². The smallest absolute Gasteiger partial charge is 0.101 e. The van der Waals surface area contributed by atoms with Crippen molar-refractivity contribution in [2.75, 3.05) is 9.80 Å². The predicted octanol–water partition coefficient (Wildman–Crippen LogP) is 15.9. The van der Waals surface area contributed by atoms with Crippen molar-refractivity contribution in [3.63, 3.8) is 0 Å². The Morgan fingerprint density at radius 3 is 1.46 bits per heavy atom. The molecule has 0 heterocycles. The molecule has 4 nitrogen and oxygen atoms in total. The van der Waals surface area contributed by atoms with E-state index in [-0.39, 0.29) is 4.66 Å². The van der Waals surface area contributed by atoms with E-state index in [1.165, 1.54) is 54.6 Å². The van der Waals surface area contributed by atoms with E-state index in [0.29, 0.717) is 11.1 Å². The highest BCUT2D eigenvalue weighted by atomic mass is 28.4. The zero-order valence-corrected chi connectivity index (χ0v) is 38.6. The summed E-state index contributed by atoms with van der Waals surface area (Å²) < 4.78 is -0.155. The first-order valence-corrected chi connectivity index (χ1v) is 28.7. The van der Waals surface area contributed by atoms with Gasteiger partial charge in [-0.2, -0.15) is 10.5 Å². The van der Waals surface area contributed by atoms with Crippen molar-refractivity contribution in [2.24, 2.45) is 0 Å². The van der Waals surface area contributed by atoms with Crippen LogP contribution in [-0.2, 0) is 4.66 Å². The molecule has 0 amide bonds. The van der Waals surface area contributed by atoms with E-state index in [2.05, 4.69) is 183 Å². The van der Waals surface area contributed by atoms with Crippen LogP contribution in [0.25, 0.3) is 43.4 Å². The summed E-state index contributed by atoms with van der Waals surface area (Å²) in [7, 11) is -4.28. The van der Waals surface area contributed by atoms with Crippen molar-refractivity contribution in [1.29, 1.82) is 10.5 Å². The Bertz CT molecular complexity index is 3340. The monoisotopic (exact) mass is 844 g/mol. The van der Waals surface area contributed by atoms with Crippen LogP contribution in [-0.4, -0.2) is 16.1 Å². The molecule has 10 rings (SSSR count). The Labute approximate surface area is 372 Å². The van der Waals surface area contributed by atoms with E-state index in [9.17, 15) is 10.5 Å². The van der Waals surface area contributed by atoms with Gasteiger partial charge in [0.2, 0.25) is 0 Å². The Hall–Kier alpha value is -7.23. The van der Waals surface area contributed by atoms with E-state index in [1.54, 1.807) is 0 Å². The molecular weight excluding hydrogens is 797 g/mol. The lowest BCUT2D eigenvalue weighted by Gasteiger charge is -2.51. The fourth-order valence-corrected chi connectivity index (χ4v) is 24.3. The molecule has 0 atom stereocenters. The van der Waals surface area contributed by atoms with Gasteiger partial charge in [-0.1, -0.05) is 142 Å². The van der Waals surface area contributed by atoms with Crippen molar-refractivity contribution in [3.05, 3.63) is 204 Å². The lowest BCUT2D eigenvalue weighted by atomic mass is 9.90. The van der Waals surface area contributed by atoms with Gasteiger partial charge in [-0.05, 0) is 133 Å². The van der Waals surface area contributed by atoms with Crippen molar-refractivity contribution < 1.29 is 0 Å². The number of fused-ring (bicyclic) bond motifs is 9. The molecule has 63 heavy (non-hydrogen) atoms. The zero-order chi connectivity index (χ0) is 43.7. The highest BCUT2D eigenvalue weighted by Crippen LogP contribution is 2.62. The van der Waals surface area contributed by atoms with Gasteiger partial charge in [-0.25, -0.2) is 0 Å². The van der Waals surface area contributed by atoms with Gasteiger partial charge in [0.15, 0.2) is 0 Å². The molecule has 9 aromatic carbocycles. The summed E-state index contributed by atoms with van der Waals surface area (Å²) in [6, 6.07) is 69.4. The van der Waals surface area contributed by atoms with Gasteiger partial charge in [-0.3, -0.25) is 0 Å². The maximum absolute atomic E-state index is 10.3. The molecule has 9 aromatic rings. The van der Waals surface area contributed by atoms with Gasteiger partial charge in [0.1, 0.15) is 12.1 Å². The summed E-state index contributed by atoms with van der Waals surface area (Å²) in [5, 5.41) is 28.0. The third-order valence-electron chi connectivity index (χ3n) is 13.3. The lowest BCUT2D eigenvalue weighted by molar-refractivity contribution is 0.965. The molecule has 0 bridgehead atoms.